The minimum Gasteiger partial charge on any atom is -0.350 e. The molecule has 0 aliphatic rings. The molecule has 0 atom stereocenters. The molecule has 0 aliphatic heterocycles. The van der Waals surface area contributed by atoms with Crippen molar-refractivity contribution in [3.8, 4) is 11.4 Å². The summed E-state index contributed by atoms with van der Waals surface area (Å²) in [5.41, 5.74) is -1.53. The Hall–Kier alpha value is -3.73. The molecule has 0 bridgehead atoms. The molecule has 1 heterocycles. The van der Waals surface area contributed by atoms with Crippen LogP contribution in [-0.2, 0) is 5.38 Å². The summed E-state index contributed by atoms with van der Waals surface area (Å²) in [5, 5.41) is 4.79. The van der Waals surface area contributed by atoms with Crippen molar-refractivity contribution in [2.45, 2.75) is 5.38 Å². The highest BCUT2D eigenvalue weighted by atomic mass is 35.5. The summed E-state index contributed by atoms with van der Waals surface area (Å²) in [5.74, 6) is -2.93. The fraction of sp³-hybridized carbons (Fsp3) is 0.0526. The van der Waals surface area contributed by atoms with Gasteiger partial charge in [0.25, 0.3) is 10.9 Å². The second-order valence-electron chi connectivity index (χ2n) is 6.28. The van der Waals surface area contributed by atoms with Crippen molar-refractivity contribution in [2.24, 2.45) is 0 Å². The third-order valence-electron chi connectivity index (χ3n) is 4.18. The maximum absolute atomic E-state index is 13.8. The van der Waals surface area contributed by atoms with Crippen molar-refractivity contribution in [3.63, 3.8) is 0 Å². The summed E-state index contributed by atoms with van der Waals surface area (Å²) in [4.78, 5) is 27.3. The van der Waals surface area contributed by atoms with Gasteiger partial charge in [-0.25, -0.2) is 8.78 Å². The van der Waals surface area contributed by atoms with Crippen LogP contribution in [0.1, 0.15) is 5.89 Å². The molecule has 4 rings (SSSR count). The van der Waals surface area contributed by atoms with Crippen LogP contribution < -0.4 is 21.5 Å². The van der Waals surface area contributed by atoms with E-state index in [1.165, 1.54) is 24.3 Å². The van der Waals surface area contributed by atoms with E-state index in [9.17, 15) is 27.2 Å². The predicted molar refractivity (Wildman–Crippen MR) is 104 cm³/mol. The number of nitrogens with zero attached hydrogens (tertiary/aromatic N) is 2. The summed E-state index contributed by atoms with van der Waals surface area (Å²) in [7, 11) is 0. The van der Waals surface area contributed by atoms with Crippen LogP contribution in [0.25, 0.3) is 11.4 Å². The Balaban J connectivity index is 1.54. The van der Waals surface area contributed by atoms with Gasteiger partial charge in [0, 0.05) is 17.3 Å². The molecule has 3 aromatic carbocycles. The molecule has 12 heteroatoms. The van der Waals surface area contributed by atoms with Crippen LogP contribution >= 0.6 is 11.6 Å². The second kappa shape index (κ2) is 7.51. The number of hydrogen-bond donors (Lipinski definition) is 2. The Morgan fingerprint density at radius 1 is 0.935 bits per heavy atom. The topological polar surface area (TPSA) is 97.1 Å². The van der Waals surface area contributed by atoms with Crippen molar-refractivity contribution in [1.82, 2.24) is 10.1 Å². The lowest BCUT2D eigenvalue weighted by Gasteiger charge is -2.15. The van der Waals surface area contributed by atoms with E-state index in [1.807, 2.05) is 0 Å². The molecule has 0 spiro atoms. The Kier molecular flexibility index (Phi) is 4.97. The minimum atomic E-state index is -3.80. The molecule has 0 unspecified atom stereocenters. The average Bonchev–Trinajstić information content (AvgIpc) is 3.23. The summed E-state index contributed by atoms with van der Waals surface area (Å²) < 4.78 is 57.2. The third kappa shape index (κ3) is 3.99. The molecule has 0 fully saturated rings. The van der Waals surface area contributed by atoms with Gasteiger partial charge in [0.05, 0.1) is 5.69 Å². The van der Waals surface area contributed by atoms with Gasteiger partial charge >= 0.3 is 11.3 Å². The Morgan fingerprint density at radius 2 is 1.58 bits per heavy atom. The number of alkyl halides is 3. The van der Waals surface area contributed by atoms with Crippen molar-refractivity contribution in [2.75, 3.05) is 10.6 Å². The molecule has 0 amide bonds. The van der Waals surface area contributed by atoms with E-state index < -0.39 is 33.8 Å². The maximum Gasteiger partial charge on any atom is 0.400 e. The average molecular weight is 453 g/mol. The van der Waals surface area contributed by atoms with Crippen LogP contribution in [0.2, 0.25) is 0 Å². The van der Waals surface area contributed by atoms with Crippen LogP contribution in [0.15, 0.2) is 56.6 Å². The first-order valence-electron chi connectivity index (χ1n) is 8.47. The zero-order valence-corrected chi connectivity index (χ0v) is 15.8. The smallest absolute Gasteiger partial charge is 0.350 e. The molecule has 7 nitrogen and oxygen atoms in total. The van der Waals surface area contributed by atoms with Crippen LogP contribution in [0, 0.1) is 11.6 Å². The molecule has 2 N–H and O–H groups in total. The normalized spacial score (nSPS) is 11.6. The van der Waals surface area contributed by atoms with Gasteiger partial charge in [-0.1, -0.05) is 5.16 Å². The van der Waals surface area contributed by atoms with Crippen molar-refractivity contribution in [1.29, 1.82) is 0 Å². The number of halogens is 5. The van der Waals surface area contributed by atoms with Crippen molar-refractivity contribution >= 4 is 34.4 Å². The quantitative estimate of drug-likeness (QED) is 0.254. The molecule has 0 saturated heterocycles. The largest absolute Gasteiger partial charge is 0.400 e. The van der Waals surface area contributed by atoms with Gasteiger partial charge in [-0.3, -0.25) is 9.59 Å². The molecule has 0 aliphatic carbocycles. The lowest BCUT2D eigenvalue weighted by atomic mass is 10.1. The first-order chi connectivity index (χ1) is 14.6. The summed E-state index contributed by atoms with van der Waals surface area (Å²) in [6.07, 6.45) is 0. The number of aromatic nitrogens is 2. The Bertz CT molecular complexity index is 1340. The monoisotopic (exact) mass is 452 g/mol. The molecule has 0 saturated carbocycles. The van der Waals surface area contributed by atoms with E-state index in [4.69, 9.17) is 11.6 Å². The van der Waals surface area contributed by atoms with E-state index >= 15 is 0 Å². The van der Waals surface area contributed by atoms with E-state index in [1.54, 1.807) is 0 Å². The second-order valence-corrected chi connectivity index (χ2v) is 6.76. The van der Waals surface area contributed by atoms with E-state index in [2.05, 4.69) is 25.3 Å². The first-order valence-corrected chi connectivity index (χ1v) is 8.85. The maximum atomic E-state index is 13.8. The highest BCUT2D eigenvalue weighted by Gasteiger charge is 2.35. The molecule has 158 valence electrons. The van der Waals surface area contributed by atoms with E-state index in [-0.39, 0.29) is 22.9 Å². The molecular weight excluding hydrogens is 444 g/mol. The standard InChI is InChI=1S/C19H9ClF4N4O3/c20-19(23,24)18-27-17(28-31-18)8-1-4-10(5-2-8)25-13-14(16(30)15(13)29)26-12-6-3-9(21)7-11(12)22/h1-7,25-26H. The molecule has 1 aromatic heterocycles. The van der Waals surface area contributed by atoms with Crippen LogP contribution in [-0.4, -0.2) is 10.1 Å². The van der Waals surface area contributed by atoms with Gasteiger partial charge in [-0.15, -0.1) is 0 Å². The lowest BCUT2D eigenvalue weighted by molar-refractivity contribution is 0.0551. The molecule has 31 heavy (non-hydrogen) atoms. The fourth-order valence-corrected chi connectivity index (χ4v) is 2.74. The molecule has 0 radical (unpaired) electrons. The van der Waals surface area contributed by atoms with Gasteiger partial charge in [-0.05, 0) is 48.0 Å². The summed E-state index contributed by atoms with van der Waals surface area (Å²) >= 11 is 4.83. The van der Waals surface area contributed by atoms with Gasteiger partial charge in [0.1, 0.15) is 23.0 Å². The number of hydrogen-bond acceptors (Lipinski definition) is 7. The van der Waals surface area contributed by atoms with Crippen molar-refractivity contribution in [3.05, 3.63) is 80.4 Å². The SMILES string of the molecule is O=c1c(Nc2ccc(-c3noc(C(F)(F)Cl)n3)cc2)c(Nc2ccc(F)cc2F)c1=O. The first kappa shape index (κ1) is 20.5. The number of benzene rings is 2. The summed E-state index contributed by atoms with van der Waals surface area (Å²) in [6, 6.07) is 8.52. The Labute approximate surface area is 175 Å². The predicted octanol–water partition coefficient (Wildman–Crippen LogP) is 4.39. The highest BCUT2D eigenvalue weighted by molar-refractivity contribution is 6.21. The molecule has 4 aromatic rings. The zero-order chi connectivity index (χ0) is 22.3. The van der Waals surface area contributed by atoms with Gasteiger partial charge < -0.3 is 15.2 Å². The summed E-state index contributed by atoms with van der Waals surface area (Å²) in [6.45, 7) is 0. The highest BCUT2D eigenvalue weighted by Crippen LogP contribution is 2.32. The fourth-order valence-electron chi connectivity index (χ4n) is 2.66. The number of rotatable bonds is 6. The minimum absolute atomic E-state index is 0.120. The van der Waals surface area contributed by atoms with Crippen molar-refractivity contribution < 1.29 is 22.1 Å². The number of anilines is 4. The third-order valence-corrected chi connectivity index (χ3v) is 4.34. The van der Waals surface area contributed by atoms with E-state index in [0.29, 0.717) is 17.3 Å². The molecular formula is C19H9ClF4N4O3. The van der Waals surface area contributed by atoms with Crippen LogP contribution in [0.5, 0.6) is 0 Å². The van der Waals surface area contributed by atoms with E-state index in [0.717, 1.165) is 12.1 Å². The van der Waals surface area contributed by atoms with Crippen LogP contribution in [0.4, 0.5) is 40.3 Å². The number of nitrogens with one attached hydrogen (secondary N) is 2. The zero-order valence-electron chi connectivity index (χ0n) is 15.1. The van der Waals surface area contributed by atoms with Gasteiger partial charge in [0.15, 0.2) is 0 Å². The van der Waals surface area contributed by atoms with Crippen LogP contribution in [0.3, 0.4) is 0 Å². The lowest BCUT2D eigenvalue weighted by Crippen LogP contribution is -2.35. The Morgan fingerprint density at radius 3 is 2.16 bits per heavy atom. The van der Waals surface area contributed by atoms with Gasteiger partial charge in [0.2, 0.25) is 5.82 Å². The van der Waals surface area contributed by atoms with Gasteiger partial charge in [-0.2, -0.15) is 13.8 Å².